The summed E-state index contributed by atoms with van der Waals surface area (Å²) in [5, 5.41) is 18.7. The maximum absolute atomic E-state index is 11.5. The molecule has 0 radical (unpaired) electrons. The van der Waals surface area contributed by atoms with E-state index in [1.165, 1.54) is 20.8 Å². The van der Waals surface area contributed by atoms with E-state index in [4.69, 9.17) is 9.47 Å². The first-order valence-electron chi connectivity index (χ1n) is 5.67. The number of ether oxygens (including phenoxy) is 2. The van der Waals surface area contributed by atoms with Gasteiger partial charge in [-0.25, -0.2) is 9.59 Å². The second-order valence-electron chi connectivity index (χ2n) is 4.38. The van der Waals surface area contributed by atoms with E-state index in [2.05, 4.69) is 13.2 Å². The summed E-state index contributed by atoms with van der Waals surface area (Å²) in [6, 6.07) is 0. The summed E-state index contributed by atoms with van der Waals surface area (Å²) < 4.78 is 9.97. The molecule has 108 valence electrons. The first-order valence-corrected chi connectivity index (χ1v) is 5.67. The maximum atomic E-state index is 11.5. The zero-order valence-corrected chi connectivity index (χ0v) is 11.4. The molecule has 19 heavy (non-hydrogen) atoms. The summed E-state index contributed by atoms with van der Waals surface area (Å²) in [7, 11) is 0. The van der Waals surface area contributed by atoms with E-state index in [0.717, 1.165) is 0 Å². The van der Waals surface area contributed by atoms with E-state index < -0.39 is 36.9 Å². The van der Waals surface area contributed by atoms with Gasteiger partial charge in [-0.2, -0.15) is 0 Å². The Hall–Kier alpha value is -1.66. The third-order valence-electron chi connectivity index (χ3n) is 2.55. The molecule has 0 saturated heterocycles. The van der Waals surface area contributed by atoms with Gasteiger partial charge in [-0.3, -0.25) is 0 Å². The molecular weight excluding hydrogens is 252 g/mol. The molecule has 0 amide bonds. The van der Waals surface area contributed by atoms with Crippen LogP contribution < -0.4 is 0 Å². The highest BCUT2D eigenvalue weighted by Crippen LogP contribution is 2.21. The van der Waals surface area contributed by atoms with Crippen molar-refractivity contribution >= 4 is 11.9 Å². The van der Waals surface area contributed by atoms with Gasteiger partial charge in [0.25, 0.3) is 0 Å². The topological polar surface area (TPSA) is 93.1 Å². The second-order valence-corrected chi connectivity index (χ2v) is 4.38. The highest BCUT2D eigenvalue weighted by molar-refractivity contribution is 5.88. The quantitative estimate of drug-likeness (QED) is 0.512. The highest BCUT2D eigenvalue weighted by atomic mass is 16.6. The average molecular weight is 272 g/mol. The van der Waals surface area contributed by atoms with E-state index in [9.17, 15) is 19.8 Å². The fourth-order valence-corrected chi connectivity index (χ4v) is 1.09. The lowest BCUT2D eigenvalue weighted by Gasteiger charge is -2.34. The zero-order valence-electron chi connectivity index (χ0n) is 11.4. The van der Waals surface area contributed by atoms with E-state index in [-0.39, 0.29) is 11.1 Å². The first kappa shape index (κ1) is 17.3. The second kappa shape index (κ2) is 7.06. The molecule has 0 bridgehead atoms. The molecule has 6 nitrogen and oxygen atoms in total. The van der Waals surface area contributed by atoms with Crippen LogP contribution in [0.25, 0.3) is 0 Å². The third-order valence-corrected chi connectivity index (χ3v) is 2.55. The van der Waals surface area contributed by atoms with Crippen molar-refractivity contribution in [1.82, 2.24) is 0 Å². The minimum atomic E-state index is -1.72. The third kappa shape index (κ3) is 4.50. The number of aliphatic hydroxyl groups is 2. The smallest absolute Gasteiger partial charge is 0.333 e. The number of rotatable bonds is 7. The molecule has 0 saturated carbocycles. The number of esters is 2. The van der Waals surface area contributed by atoms with Gasteiger partial charge in [0, 0.05) is 11.1 Å². The van der Waals surface area contributed by atoms with Gasteiger partial charge < -0.3 is 19.7 Å². The van der Waals surface area contributed by atoms with E-state index >= 15 is 0 Å². The molecule has 0 aliphatic carbocycles. The molecule has 0 aliphatic heterocycles. The fraction of sp³-hybridized carbons (Fsp3) is 0.538. The van der Waals surface area contributed by atoms with Crippen LogP contribution in [0.3, 0.4) is 0 Å². The minimum absolute atomic E-state index is 0.102. The number of carbonyl (C=O) groups is 2. The summed E-state index contributed by atoms with van der Waals surface area (Å²) in [5.41, 5.74) is -1.46. The lowest BCUT2D eigenvalue weighted by molar-refractivity contribution is -0.194. The Bertz CT molecular complexity index is 381. The summed E-state index contributed by atoms with van der Waals surface area (Å²) in [6.45, 7) is 9.68. The highest BCUT2D eigenvalue weighted by Gasteiger charge is 2.42. The van der Waals surface area contributed by atoms with Gasteiger partial charge in [-0.05, 0) is 20.8 Å². The van der Waals surface area contributed by atoms with Crippen LogP contribution in [0.2, 0.25) is 0 Å². The number of carbonyl (C=O) groups excluding carboxylic acids is 2. The summed E-state index contributed by atoms with van der Waals surface area (Å²) in [4.78, 5) is 22.9. The number of hydrogen-bond acceptors (Lipinski definition) is 6. The van der Waals surface area contributed by atoms with Gasteiger partial charge in [-0.15, -0.1) is 0 Å². The molecule has 0 heterocycles. The lowest BCUT2D eigenvalue weighted by atomic mass is 9.99. The predicted octanol–water partition coefficient (Wildman–Crippen LogP) is 0.337. The molecule has 0 aliphatic rings. The van der Waals surface area contributed by atoms with Crippen LogP contribution in [0.4, 0.5) is 0 Å². The molecule has 1 atom stereocenters. The van der Waals surface area contributed by atoms with Crippen LogP contribution in [-0.2, 0) is 19.1 Å². The van der Waals surface area contributed by atoms with Crippen molar-refractivity contribution < 1.29 is 29.3 Å². The minimum Gasteiger partial charge on any atom is -0.455 e. The van der Waals surface area contributed by atoms with Crippen molar-refractivity contribution in [2.45, 2.75) is 32.5 Å². The first-order chi connectivity index (χ1) is 8.70. The van der Waals surface area contributed by atoms with Crippen LogP contribution in [0.5, 0.6) is 0 Å². The Balaban J connectivity index is 5.06. The van der Waals surface area contributed by atoms with Gasteiger partial charge >= 0.3 is 11.9 Å². The predicted molar refractivity (Wildman–Crippen MR) is 68.2 cm³/mol. The van der Waals surface area contributed by atoms with Crippen molar-refractivity contribution in [3.63, 3.8) is 0 Å². The Morgan fingerprint density at radius 1 is 1.11 bits per heavy atom. The number of hydrogen-bond donors (Lipinski definition) is 2. The molecule has 0 spiro atoms. The van der Waals surface area contributed by atoms with Gasteiger partial charge in [0.05, 0.1) is 13.2 Å². The largest absolute Gasteiger partial charge is 0.455 e. The van der Waals surface area contributed by atoms with Crippen molar-refractivity contribution in [3.8, 4) is 0 Å². The molecule has 0 aromatic rings. The van der Waals surface area contributed by atoms with Crippen molar-refractivity contribution in [2.24, 2.45) is 0 Å². The van der Waals surface area contributed by atoms with Crippen molar-refractivity contribution in [2.75, 3.05) is 13.2 Å². The Morgan fingerprint density at radius 3 is 1.84 bits per heavy atom. The lowest BCUT2D eigenvalue weighted by Crippen LogP contribution is -2.53. The average Bonchev–Trinajstić information content (AvgIpc) is 2.35. The molecular formula is C13H20O6. The molecule has 6 heteroatoms. The Labute approximate surface area is 112 Å². The summed E-state index contributed by atoms with van der Waals surface area (Å²) in [5.74, 6) is -1.49. The van der Waals surface area contributed by atoms with Gasteiger partial charge in [0.1, 0.15) is 6.10 Å². The molecule has 2 N–H and O–H groups in total. The van der Waals surface area contributed by atoms with Crippen molar-refractivity contribution in [3.05, 3.63) is 24.3 Å². The van der Waals surface area contributed by atoms with E-state index in [1.54, 1.807) is 0 Å². The summed E-state index contributed by atoms with van der Waals surface area (Å²) >= 11 is 0. The molecule has 1 unspecified atom stereocenters. The monoisotopic (exact) mass is 272 g/mol. The maximum Gasteiger partial charge on any atom is 0.333 e. The number of aliphatic hydroxyl groups excluding tert-OH is 2. The molecule has 0 aromatic carbocycles. The molecule has 0 fully saturated rings. The zero-order chi connectivity index (χ0) is 15.2. The van der Waals surface area contributed by atoms with Crippen LogP contribution in [0.15, 0.2) is 24.3 Å². The van der Waals surface area contributed by atoms with Gasteiger partial charge in [0.15, 0.2) is 5.60 Å². The normalized spacial score (nSPS) is 12.5. The van der Waals surface area contributed by atoms with Gasteiger partial charge in [0.2, 0.25) is 0 Å². The Kier molecular flexibility index (Phi) is 6.44. The van der Waals surface area contributed by atoms with Crippen LogP contribution >= 0.6 is 0 Å². The Morgan fingerprint density at radius 2 is 1.53 bits per heavy atom. The van der Waals surface area contributed by atoms with Crippen LogP contribution in [0.1, 0.15) is 20.8 Å². The standard InChI is InChI=1S/C13H20O6/c1-8(2)11(16)18-10(5)13(6-14,7-15)19-12(17)9(3)4/h10,14-15H,1,3,6-7H2,2,4-5H3. The molecule has 0 rings (SSSR count). The van der Waals surface area contributed by atoms with E-state index in [1.807, 2.05) is 0 Å². The SMILES string of the molecule is C=C(C)C(=O)OC(C)C(CO)(CO)OC(=O)C(=C)C. The summed E-state index contributed by atoms with van der Waals surface area (Å²) in [6.07, 6.45) is -1.05. The fourth-order valence-electron chi connectivity index (χ4n) is 1.09. The van der Waals surface area contributed by atoms with Crippen LogP contribution in [-0.4, -0.2) is 47.1 Å². The van der Waals surface area contributed by atoms with Gasteiger partial charge in [-0.1, -0.05) is 13.2 Å². The van der Waals surface area contributed by atoms with Crippen molar-refractivity contribution in [1.29, 1.82) is 0 Å². The van der Waals surface area contributed by atoms with Crippen LogP contribution in [0, 0.1) is 0 Å². The van der Waals surface area contributed by atoms with E-state index in [0.29, 0.717) is 0 Å². The molecule has 0 aromatic heterocycles.